The van der Waals surface area contributed by atoms with E-state index in [-0.39, 0.29) is 24.1 Å². The van der Waals surface area contributed by atoms with Gasteiger partial charge in [0.25, 0.3) is 0 Å². The van der Waals surface area contributed by atoms with Gasteiger partial charge in [-0.05, 0) is 48.7 Å². The monoisotopic (exact) mass is 342 g/mol. The first-order valence-corrected chi connectivity index (χ1v) is 8.23. The van der Waals surface area contributed by atoms with Crippen LogP contribution < -0.4 is 10.2 Å². The molecule has 0 radical (unpaired) electrons. The molecule has 0 bridgehead atoms. The Labute approximate surface area is 147 Å². The van der Waals surface area contributed by atoms with Gasteiger partial charge in [0.1, 0.15) is 5.82 Å². The van der Waals surface area contributed by atoms with E-state index < -0.39 is 0 Å². The number of hydrogen-bond acceptors (Lipinski definition) is 2. The van der Waals surface area contributed by atoms with Crippen molar-refractivity contribution in [1.29, 1.82) is 0 Å². The molecule has 2 amide bonds. The quantitative estimate of drug-likeness (QED) is 0.877. The first-order chi connectivity index (χ1) is 11.9. The van der Waals surface area contributed by atoms with Crippen molar-refractivity contribution >= 4 is 17.5 Å². The summed E-state index contributed by atoms with van der Waals surface area (Å²) < 4.78 is 12.9. The zero-order chi connectivity index (χ0) is 18.4. The van der Waals surface area contributed by atoms with Gasteiger partial charge < -0.3 is 10.2 Å². The maximum Gasteiger partial charge on any atom is 0.224 e. The minimum Gasteiger partial charge on any atom is -0.354 e. The molecule has 4 nitrogen and oxygen atoms in total. The van der Waals surface area contributed by atoms with Crippen LogP contribution in [0, 0.1) is 19.7 Å². The molecule has 0 aliphatic heterocycles. The Morgan fingerprint density at radius 1 is 1.08 bits per heavy atom. The van der Waals surface area contributed by atoms with Crippen molar-refractivity contribution in [3.8, 4) is 0 Å². The van der Waals surface area contributed by atoms with E-state index in [0.717, 1.165) is 22.4 Å². The number of aryl methyl sites for hydroxylation is 2. The van der Waals surface area contributed by atoms with Crippen LogP contribution in [-0.2, 0) is 16.0 Å². The van der Waals surface area contributed by atoms with Crippen LogP contribution in [0.5, 0.6) is 0 Å². The smallest absolute Gasteiger partial charge is 0.224 e. The molecule has 1 N–H and O–H groups in total. The lowest BCUT2D eigenvalue weighted by Crippen LogP contribution is -2.38. The maximum atomic E-state index is 12.9. The first kappa shape index (κ1) is 18.6. The predicted molar refractivity (Wildman–Crippen MR) is 97.1 cm³/mol. The summed E-state index contributed by atoms with van der Waals surface area (Å²) in [6.07, 6.45) is 0.184. The van der Waals surface area contributed by atoms with Gasteiger partial charge in [0.2, 0.25) is 11.8 Å². The zero-order valence-corrected chi connectivity index (χ0v) is 14.8. The Balaban J connectivity index is 1.93. The average Bonchev–Trinajstić information content (AvgIpc) is 2.56. The number of carbonyl (C=O) groups is 2. The standard InChI is InChI=1S/C20H23FN2O2/c1-14-4-5-15(2)19(12-14)23(16(3)24)11-10-22-20(25)13-17-6-8-18(21)9-7-17/h4-9,12H,10-11,13H2,1-3H3,(H,22,25). The molecule has 2 aromatic carbocycles. The number of benzene rings is 2. The maximum absolute atomic E-state index is 12.9. The van der Waals surface area contributed by atoms with Gasteiger partial charge in [-0.1, -0.05) is 24.3 Å². The summed E-state index contributed by atoms with van der Waals surface area (Å²) in [6, 6.07) is 11.8. The highest BCUT2D eigenvalue weighted by molar-refractivity contribution is 5.92. The molecule has 25 heavy (non-hydrogen) atoms. The lowest BCUT2D eigenvalue weighted by molar-refractivity contribution is -0.121. The van der Waals surface area contributed by atoms with Crippen LogP contribution in [0.1, 0.15) is 23.6 Å². The van der Waals surface area contributed by atoms with E-state index in [1.807, 2.05) is 32.0 Å². The van der Waals surface area contributed by atoms with E-state index in [9.17, 15) is 14.0 Å². The summed E-state index contributed by atoms with van der Waals surface area (Å²) in [4.78, 5) is 25.6. The third-order valence-corrected chi connectivity index (χ3v) is 3.97. The fourth-order valence-corrected chi connectivity index (χ4v) is 2.62. The van der Waals surface area contributed by atoms with E-state index in [4.69, 9.17) is 0 Å². The fraction of sp³-hybridized carbons (Fsp3) is 0.300. The molecule has 0 heterocycles. The molecule has 0 aliphatic rings. The van der Waals surface area contributed by atoms with Crippen LogP contribution in [0.2, 0.25) is 0 Å². The summed E-state index contributed by atoms with van der Waals surface area (Å²) in [6.45, 7) is 6.20. The summed E-state index contributed by atoms with van der Waals surface area (Å²) in [5.41, 5.74) is 3.70. The summed E-state index contributed by atoms with van der Waals surface area (Å²) >= 11 is 0. The largest absolute Gasteiger partial charge is 0.354 e. The van der Waals surface area contributed by atoms with E-state index in [1.165, 1.54) is 19.1 Å². The number of anilines is 1. The number of rotatable bonds is 6. The minimum absolute atomic E-state index is 0.0681. The lowest BCUT2D eigenvalue weighted by atomic mass is 10.1. The van der Waals surface area contributed by atoms with Gasteiger partial charge in [0.15, 0.2) is 0 Å². The molecular weight excluding hydrogens is 319 g/mol. The Morgan fingerprint density at radius 2 is 1.76 bits per heavy atom. The van der Waals surface area contributed by atoms with Crippen LogP contribution in [0.15, 0.2) is 42.5 Å². The first-order valence-electron chi connectivity index (χ1n) is 8.23. The third-order valence-electron chi connectivity index (χ3n) is 3.97. The molecule has 0 fully saturated rings. The normalized spacial score (nSPS) is 10.4. The summed E-state index contributed by atoms with van der Waals surface area (Å²) in [5, 5.41) is 2.81. The van der Waals surface area contributed by atoms with E-state index >= 15 is 0 Å². The van der Waals surface area contributed by atoms with Crippen LogP contribution in [0.3, 0.4) is 0 Å². The second-order valence-corrected chi connectivity index (χ2v) is 6.11. The van der Waals surface area contributed by atoms with Gasteiger partial charge in [0.05, 0.1) is 6.42 Å². The molecule has 0 atom stereocenters. The molecule has 0 saturated carbocycles. The highest BCUT2D eigenvalue weighted by atomic mass is 19.1. The Bertz CT molecular complexity index is 757. The molecule has 0 saturated heterocycles. The summed E-state index contributed by atoms with van der Waals surface area (Å²) in [7, 11) is 0. The van der Waals surface area contributed by atoms with Crippen molar-refractivity contribution in [2.24, 2.45) is 0 Å². The van der Waals surface area contributed by atoms with Gasteiger partial charge in [-0.3, -0.25) is 9.59 Å². The molecule has 2 aromatic rings. The Morgan fingerprint density at radius 3 is 2.40 bits per heavy atom. The van der Waals surface area contributed by atoms with E-state index in [0.29, 0.717) is 13.1 Å². The Hall–Kier alpha value is -2.69. The molecule has 0 unspecified atom stereocenters. The average molecular weight is 342 g/mol. The zero-order valence-electron chi connectivity index (χ0n) is 14.8. The molecule has 2 rings (SSSR count). The number of nitrogens with zero attached hydrogens (tertiary/aromatic N) is 1. The highest BCUT2D eigenvalue weighted by Crippen LogP contribution is 2.21. The second kappa shape index (κ2) is 8.42. The molecular formula is C20H23FN2O2. The second-order valence-electron chi connectivity index (χ2n) is 6.11. The van der Waals surface area contributed by atoms with Crippen molar-refractivity contribution < 1.29 is 14.0 Å². The molecule has 0 aliphatic carbocycles. The number of hydrogen-bond donors (Lipinski definition) is 1. The van der Waals surface area contributed by atoms with E-state index in [2.05, 4.69) is 5.32 Å². The van der Waals surface area contributed by atoms with Crippen molar-refractivity contribution in [3.05, 3.63) is 65.0 Å². The van der Waals surface area contributed by atoms with Gasteiger partial charge in [0, 0.05) is 25.7 Å². The molecule has 132 valence electrons. The van der Waals surface area contributed by atoms with Crippen molar-refractivity contribution in [3.63, 3.8) is 0 Å². The van der Waals surface area contributed by atoms with Gasteiger partial charge in [-0.2, -0.15) is 0 Å². The number of nitrogens with one attached hydrogen (secondary N) is 1. The SMILES string of the molecule is CC(=O)N(CCNC(=O)Cc1ccc(F)cc1)c1cc(C)ccc1C. The Kier molecular flexibility index (Phi) is 6.28. The minimum atomic E-state index is -0.324. The molecule has 0 aromatic heterocycles. The van der Waals surface area contributed by atoms with Crippen LogP contribution in [0.4, 0.5) is 10.1 Å². The lowest BCUT2D eigenvalue weighted by Gasteiger charge is -2.23. The topological polar surface area (TPSA) is 49.4 Å². The van der Waals surface area contributed by atoms with Crippen LogP contribution in [-0.4, -0.2) is 24.9 Å². The van der Waals surface area contributed by atoms with Crippen LogP contribution in [0.25, 0.3) is 0 Å². The fourth-order valence-electron chi connectivity index (χ4n) is 2.62. The van der Waals surface area contributed by atoms with Crippen molar-refractivity contribution in [1.82, 2.24) is 5.32 Å². The highest BCUT2D eigenvalue weighted by Gasteiger charge is 2.14. The summed E-state index contributed by atoms with van der Waals surface area (Å²) in [5.74, 6) is -0.549. The molecule has 0 spiro atoms. The van der Waals surface area contributed by atoms with Crippen molar-refractivity contribution in [2.75, 3.05) is 18.0 Å². The molecule has 5 heteroatoms. The number of halogens is 1. The van der Waals surface area contributed by atoms with E-state index in [1.54, 1.807) is 17.0 Å². The van der Waals surface area contributed by atoms with Gasteiger partial charge in [-0.15, -0.1) is 0 Å². The predicted octanol–water partition coefficient (Wildman–Crippen LogP) is 3.15. The van der Waals surface area contributed by atoms with Crippen molar-refractivity contribution in [2.45, 2.75) is 27.2 Å². The van der Waals surface area contributed by atoms with Gasteiger partial charge in [-0.25, -0.2) is 4.39 Å². The number of amides is 2. The number of carbonyl (C=O) groups excluding carboxylic acids is 2. The van der Waals surface area contributed by atoms with Crippen LogP contribution >= 0.6 is 0 Å². The third kappa shape index (κ3) is 5.41. The van der Waals surface area contributed by atoms with Gasteiger partial charge >= 0.3 is 0 Å².